The van der Waals surface area contributed by atoms with Gasteiger partial charge in [-0.05, 0) is 31.2 Å². The summed E-state index contributed by atoms with van der Waals surface area (Å²) in [6.07, 6.45) is 0.644. The van der Waals surface area contributed by atoms with Crippen molar-refractivity contribution in [3.8, 4) is 11.5 Å². The first-order chi connectivity index (χ1) is 11.2. The molecule has 1 unspecified atom stereocenters. The number of anilines is 1. The van der Waals surface area contributed by atoms with E-state index in [1.54, 1.807) is 19.0 Å². The zero-order valence-electron chi connectivity index (χ0n) is 13.3. The number of hydrogen-bond donors (Lipinski definition) is 1. The molecule has 23 heavy (non-hydrogen) atoms. The first kappa shape index (κ1) is 15.4. The number of carbonyl (C=O) groups excluding carboxylic acids is 1. The molecule has 0 aliphatic carbocycles. The van der Waals surface area contributed by atoms with Crippen molar-refractivity contribution in [1.29, 1.82) is 0 Å². The number of amides is 1. The number of rotatable bonds is 5. The molecular weight excluding hydrogens is 292 g/mol. The van der Waals surface area contributed by atoms with Gasteiger partial charge in [0.05, 0.1) is 6.04 Å². The van der Waals surface area contributed by atoms with Crippen LogP contribution in [-0.4, -0.2) is 32.8 Å². The van der Waals surface area contributed by atoms with Gasteiger partial charge in [-0.2, -0.15) is 0 Å². The van der Waals surface area contributed by atoms with Gasteiger partial charge in [0.2, 0.25) is 12.7 Å². The Morgan fingerprint density at radius 2 is 1.91 bits per heavy atom. The number of likely N-dealkylation sites (N-methyl/N-ethyl adjacent to an activating group) is 2. The highest BCUT2D eigenvalue weighted by molar-refractivity contribution is 5.97. The van der Waals surface area contributed by atoms with Crippen LogP contribution in [0.5, 0.6) is 11.5 Å². The summed E-state index contributed by atoms with van der Waals surface area (Å²) in [5, 5.41) is 3.11. The van der Waals surface area contributed by atoms with E-state index in [-0.39, 0.29) is 18.7 Å². The lowest BCUT2D eigenvalue weighted by molar-refractivity contribution is -0.120. The topological polar surface area (TPSA) is 50.8 Å². The fraction of sp³-hybridized carbons (Fsp3) is 0.278. The van der Waals surface area contributed by atoms with Crippen LogP contribution < -0.4 is 19.7 Å². The van der Waals surface area contributed by atoms with Gasteiger partial charge < -0.3 is 19.7 Å². The van der Waals surface area contributed by atoms with Gasteiger partial charge in [-0.3, -0.25) is 4.79 Å². The van der Waals surface area contributed by atoms with Crippen LogP contribution >= 0.6 is 0 Å². The SMILES string of the molecule is CNC(Cc1ccccc1)C(=O)N(C)c1ccc2c(c1)OCO2. The Morgan fingerprint density at radius 3 is 2.65 bits per heavy atom. The van der Waals surface area contributed by atoms with Crippen LogP contribution in [0.4, 0.5) is 5.69 Å². The number of nitrogens with one attached hydrogen (secondary N) is 1. The highest BCUT2D eigenvalue weighted by Crippen LogP contribution is 2.35. The zero-order valence-corrected chi connectivity index (χ0v) is 13.3. The standard InChI is InChI=1S/C18H20N2O3/c1-19-15(10-13-6-4-3-5-7-13)18(21)20(2)14-8-9-16-17(11-14)23-12-22-16/h3-9,11,15,19H,10,12H2,1-2H3. The number of ether oxygens (including phenoxy) is 2. The Hall–Kier alpha value is -2.53. The molecule has 1 amide bonds. The van der Waals surface area contributed by atoms with Gasteiger partial charge >= 0.3 is 0 Å². The third-order valence-corrected chi connectivity index (χ3v) is 4.00. The molecule has 0 saturated carbocycles. The van der Waals surface area contributed by atoms with E-state index in [1.165, 1.54) is 0 Å². The molecule has 0 radical (unpaired) electrons. The second kappa shape index (κ2) is 6.71. The summed E-state index contributed by atoms with van der Waals surface area (Å²) in [6, 6.07) is 15.2. The van der Waals surface area contributed by atoms with Crippen molar-refractivity contribution in [3.05, 3.63) is 54.1 Å². The predicted molar refractivity (Wildman–Crippen MR) is 89.0 cm³/mol. The van der Waals surface area contributed by atoms with Crippen LogP contribution in [-0.2, 0) is 11.2 Å². The Balaban J connectivity index is 1.75. The van der Waals surface area contributed by atoms with Crippen LogP contribution in [0.25, 0.3) is 0 Å². The van der Waals surface area contributed by atoms with Gasteiger partial charge in [0.1, 0.15) is 0 Å². The largest absolute Gasteiger partial charge is 0.454 e. The highest BCUT2D eigenvalue weighted by atomic mass is 16.7. The normalized spacial score (nSPS) is 13.7. The molecule has 0 fully saturated rings. The Morgan fingerprint density at radius 1 is 1.17 bits per heavy atom. The average Bonchev–Trinajstić information content (AvgIpc) is 3.07. The molecule has 1 aliphatic rings. The van der Waals surface area contributed by atoms with Crippen molar-refractivity contribution in [2.45, 2.75) is 12.5 Å². The third-order valence-electron chi connectivity index (χ3n) is 4.00. The molecule has 0 saturated heterocycles. The first-order valence-electron chi connectivity index (χ1n) is 7.57. The minimum Gasteiger partial charge on any atom is -0.454 e. The summed E-state index contributed by atoms with van der Waals surface area (Å²) in [7, 11) is 3.58. The zero-order chi connectivity index (χ0) is 16.2. The van der Waals surface area contributed by atoms with E-state index < -0.39 is 0 Å². The van der Waals surface area contributed by atoms with Crippen LogP contribution in [0.1, 0.15) is 5.56 Å². The summed E-state index contributed by atoms with van der Waals surface area (Å²) in [6.45, 7) is 0.226. The number of benzene rings is 2. The smallest absolute Gasteiger partial charge is 0.244 e. The summed E-state index contributed by atoms with van der Waals surface area (Å²) in [5.74, 6) is 1.39. The van der Waals surface area contributed by atoms with E-state index in [4.69, 9.17) is 9.47 Å². The Labute approximate surface area is 135 Å². The van der Waals surface area contributed by atoms with Crippen LogP contribution in [0.15, 0.2) is 48.5 Å². The fourth-order valence-corrected chi connectivity index (χ4v) is 2.62. The fourth-order valence-electron chi connectivity index (χ4n) is 2.62. The second-order valence-corrected chi connectivity index (χ2v) is 5.47. The van der Waals surface area contributed by atoms with Gasteiger partial charge in [0, 0.05) is 18.8 Å². The monoisotopic (exact) mass is 312 g/mol. The number of nitrogens with zero attached hydrogens (tertiary/aromatic N) is 1. The maximum Gasteiger partial charge on any atom is 0.244 e. The first-order valence-corrected chi connectivity index (χ1v) is 7.57. The number of carbonyl (C=O) groups is 1. The minimum atomic E-state index is -0.284. The van der Waals surface area contributed by atoms with Crippen molar-refractivity contribution in [3.63, 3.8) is 0 Å². The molecule has 2 aromatic rings. The molecule has 0 spiro atoms. The molecule has 3 rings (SSSR count). The summed E-state index contributed by atoms with van der Waals surface area (Å²) >= 11 is 0. The molecule has 120 valence electrons. The summed E-state index contributed by atoms with van der Waals surface area (Å²) < 4.78 is 10.7. The second-order valence-electron chi connectivity index (χ2n) is 5.47. The van der Waals surface area contributed by atoms with E-state index in [0.717, 1.165) is 11.3 Å². The van der Waals surface area contributed by atoms with Gasteiger partial charge in [0.15, 0.2) is 11.5 Å². The lowest BCUT2D eigenvalue weighted by Crippen LogP contribution is -2.45. The molecular formula is C18H20N2O3. The molecule has 0 aromatic heterocycles. The van der Waals surface area contributed by atoms with Gasteiger partial charge in [-0.1, -0.05) is 30.3 Å². The molecule has 0 bridgehead atoms. The van der Waals surface area contributed by atoms with Crippen molar-refractivity contribution in [1.82, 2.24) is 5.32 Å². The lowest BCUT2D eigenvalue weighted by atomic mass is 10.0. The summed E-state index contributed by atoms with van der Waals surface area (Å²) in [5.41, 5.74) is 1.91. The molecule has 2 aromatic carbocycles. The maximum absolute atomic E-state index is 12.8. The minimum absolute atomic E-state index is 0.00946. The van der Waals surface area contributed by atoms with Crippen molar-refractivity contribution < 1.29 is 14.3 Å². The average molecular weight is 312 g/mol. The van der Waals surface area contributed by atoms with E-state index in [0.29, 0.717) is 17.9 Å². The molecule has 1 aliphatic heterocycles. The lowest BCUT2D eigenvalue weighted by Gasteiger charge is -2.24. The van der Waals surface area contributed by atoms with Gasteiger partial charge in [0.25, 0.3) is 0 Å². The Kier molecular flexibility index (Phi) is 4.48. The van der Waals surface area contributed by atoms with Crippen molar-refractivity contribution in [2.75, 3.05) is 25.8 Å². The van der Waals surface area contributed by atoms with Gasteiger partial charge in [-0.15, -0.1) is 0 Å². The van der Waals surface area contributed by atoms with E-state index in [9.17, 15) is 4.79 Å². The molecule has 1 atom stereocenters. The van der Waals surface area contributed by atoms with Crippen LogP contribution in [0.3, 0.4) is 0 Å². The molecule has 5 nitrogen and oxygen atoms in total. The van der Waals surface area contributed by atoms with E-state index in [2.05, 4.69) is 5.32 Å². The van der Waals surface area contributed by atoms with E-state index in [1.807, 2.05) is 48.5 Å². The predicted octanol–water partition coefficient (Wildman–Crippen LogP) is 2.21. The van der Waals surface area contributed by atoms with Crippen LogP contribution in [0.2, 0.25) is 0 Å². The van der Waals surface area contributed by atoms with E-state index >= 15 is 0 Å². The number of fused-ring (bicyclic) bond motifs is 1. The molecule has 5 heteroatoms. The molecule has 1 heterocycles. The molecule has 1 N–H and O–H groups in total. The van der Waals surface area contributed by atoms with Crippen molar-refractivity contribution in [2.24, 2.45) is 0 Å². The van der Waals surface area contributed by atoms with Crippen molar-refractivity contribution >= 4 is 11.6 Å². The maximum atomic E-state index is 12.8. The number of hydrogen-bond acceptors (Lipinski definition) is 4. The Bertz CT molecular complexity index is 688. The summed E-state index contributed by atoms with van der Waals surface area (Å²) in [4.78, 5) is 14.4. The third kappa shape index (κ3) is 3.29. The highest BCUT2D eigenvalue weighted by Gasteiger charge is 2.23. The quantitative estimate of drug-likeness (QED) is 0.920. The van der Waals surface area contributed by atoms with Crippen LogP contribution in [0, 0.1) is 0 Å². The van der Waals surface area contributed by atoms with Gasteiger partial charge in [-0.25, -0.2) is 0 Å².